The maximum absolute atomic E-state index is 12.6. The normalized spacial score (nSPS) is 10.7. The van der Waals surface area contributed by atoms with Gasteiger partial charge < -0.3 is 14.5 Å². The number of benzene rings is 3. The fourth-order valence-corrected chi connectivity index (χ4v) is 3.31. The van der Waals surface area contributed by atoms with Crippen LogP contribution in [0.3, 0.4) is 0 Å². The molecular weight excluding hydrogens is 378 g/mol. The molecule has 0 saturated heterocycles. The van der Waals surface area contributed by atoms with Crippen LogP contribution in [0.25, 0.3) is 10.9 Å². The van der Waals surface area contributed by atoms with E-state index in [1.165, 1.54) is 0 Å². The number of nitrogens with one attached hydrogen (secondary N) is 1. The zero-order valence-corrected chi connectivity index (χ0v) is 16.6. The van der Waals surface area contributed by atoms with Gasteiger partial charge in [0, 0.05) is 22.7 Å². The molecule has 0 fully saturated rings. The number of fused-ring (bicyclic) bond motifs is 1. The van der Waals surface area contributed by atoms with Crippen molar-refractivity contribution in [3.63, 3.8) is 0 Å². The van der Waals surface area contributed by atoms with E-state index in [-0.39, 0.29) is 18.0 Å². The molecule has 0 radical (unpaired) electrons. The molecule has 0 bridgehead atoms. The molecule has 0 aliphatic carbocycles. The number of para-hydroxylation sites is 2. The molecule has 150 valence electrons. The minimum atomic E-state index is -0.594. The zero-order valence-electron chi connectivity index (χ0n) is 16.6. The minimum Gasteiger partial charge on any atom is -0.488 e. The Morgan fingerprint density at radius 3 is 2.57 bits per heavy atom. The Kier molecular flexibility index (Phi) is 5.61. The van der Waals surface area contributed by atoms with Crippen LogP contribution in [-0.4, -0.2) is 23.3 Å². The van der Waals surface area contributed by atoms with E-state index >= 15 is 0 Å². The molecule has 5 nitrogen and oxygen atoms in total. The van der Waals surface area contributed by atoms with Crippen molar-refractivity contribution in [2.24, 2.45) is 0 Å². The second-order valence-corrected chi connectivity index (χ2v) is 7.02. The number of aromatic nitrogens is 1. The van der Waals surface area contributed by atoms with Gasteiger partial charge in [0.2, 0.25) is 5.78 Å². The van der Waals surface area contributed by atoms with Crippen LogP contribution in [0.4, 0.5) is 0 Å². The fraction of sp³-hybridized carbons (Fsp3) is 0.120. The third kappa shape index (κ3) is 4.25. The Hall–Kier alpha value is -3.86. The highest BCUT2D eigenvalue weighted by Gasteiger charge is 2.18. The first-order chi connectivity index (χ1) is 14.6. The van der Waals surface area contributed by atoms with E-state index in [0.29, 0.717) is 17.9 Å². The molecule has 4 rings (SSSR count). The van der Waals surface area contributed by atoms with Crippen molar-refractivity contribution < 1.29 is 19.1 Å². The summed E-state index contributed by atoms with van der Waals surface area (Å²) in [4.78, 5) is 28.2. The molecule has 1 N–H and O–H groups in total. The van der Waals surface area contributed by atoms with Crippen LogP contribution in [0.15, 0.2) is 79.0 Å². The number of aryl methyl sites for hydroxylation is 1. The van der Waals surface area contributed by atoms with Gasteiger partial charge in [-0.3, -0.25) is 4.79 Å². The second-order valence-electron chi connectivity index (χ2n) is 7.02. The summed E-state index contributed by atoms with van der Waals surface area (Å²) in [5.74, 6) is -0.439. The summed E-state index contributed by atoms with van der Waals surface area (Å²) in [5, 5.41) is 0.806. The first kappa shape index (κ1) is 19.5. The lowest BCUT2D eigenvalue weighted by Crippen LogP contribution is -2.15. The minimum absolute atomic E-state index is 0.265. The van der Waals surface area contributed by atoms with Gasteiger partial charge in [-0.2, -0.15) is 0 Å². The molecule has 1 aromatic heterocycles. The first-order valence-corrected chi connectivity index (χ1v) is 9.65. The summed E-state index contributed by atoms with van der Waals surface area (Å²) in [6, 6.07) is 22.3. The lowest BCUT2D eigenvalue weighted by Gasteiger charge is -2.11. The number of H-pyrrole nitrogens is 1. The molecule has 0 unspecified atom stereocenters. The van der Waals surface area contributed by atoms with Gasteiger partial charge in [-0.25, -0.2) is 4.79 Å². The number of carbonyl (C=O) groups excluding carboxylic acids is 2. The maximum Gasteiger partial charge on any atom is 0.342 e. The number of esters is 1. The van der Waals surface area contributed by atoms with Crippen LogP contribution < -0.4 is 4.74 Å². The van der Waals surface area contributed by atoms with Crippen molar-refractivity contribution in [1.29, 1.82) is 0 Å². The van der Waals surface area contributed by atoms with Crippen LogP contribution in [0, 0.1) is 6.92 Å². The summed E-state index contributed by atoms with van der Waals surface area (Å²) >= 11 is 0. The van der Waals surface area contributed by atoms with Crippen molar-refractivity contribution in [2.75, 3.05) is 6.61 Å². The smallest absolute Gasteiger partial charge is 0.342 e. The summed E-state index contributed by atoms with van der Waals surface area (Å²) in [5.41, 5.74) is 3.80. The lowest BCUT2D eigenvalue weighted by atomic mass is 10.1. The maximum atomic E-state index is 12.6. The molecule has 30 heavy (non-hydrogen) atoms. The predicted octanol–water partition coefficient (Wildman–Crippen LogP) is 5.10. The number of carbonyl (C=O) groups is 2. The topological polar surface area (TPSA) is 68.4 Å². The largest absolute Gasteiger partial charge is 0.488 e. The van der Waals surface area contributed by atoms with Gasteiger partial charge in [-0.1, -0.05) is 60.2 Å². The molecule has 0 saturated carbocycles. The number of hydrogen-bond donors (Lipinski definition) is 1. The Balaban J connectivity index is 1.43. The highest BCUT2D eigenvalue weighted by Crippen LogP contribution is 2.22. The molecule has 0 aliphatic heterocycles. The quantitative estimate of drug-likeness (QED) is 0.347. The molecule has 5 heteroatoms. The molecule has 0 amide bonds. The third-order valence-corrected chi connectivity index (χ3v) is 4.81. The molecule has 3 aromatic carbocycles. The summed E-state index contributed by atoms with van der Waals surface area (Å²) in [6.07, 6.45) is 1.64. The average molecular weight is 399 g/mol. The molecule has 0 spiro atoms. The van der Waals surface area contributed by atoms with E-state index in [0.717, 1.165) is 22.0 Å². The highest BCUT2D eigenvalue weighted by atomic mass is 16.5. The first-order valence-electron chi connectivity index (χ1n) is 9.65. The van der Waals surface area contributed by atoms with Crippen molar-refractivity contribution in [3.05, 3.63) is 101 Å². The Labute approximate surface area is 174 Å². The van der Waals surface area contributed by atoms with Crippen LogP contribution in [0.2, 0.25) is 0 Å². The Bertz CT molecular complexity index is 1210. The van der Waals surface area contributed by atoms with E-state index in [9.17, 15) is 9.59 Å². The molecule has 0 aliphatic rings. The van der Waals surface area contributed by atoms with Crippen LogP contribution in [0.5, 0.6) is 5.75 Å². The summed E-state index contributed by atoms with van der Waals surface area (Å²) in [7, 11) is 0. The Morgan fingerprint density at radius 1 is 0.900 bits per heavy atom. The fourth-order valence-electron chi connectivity index (χ4n) is 3.31. The Morgan fingerprint density at radius 2 is 1.70 bits per heavy atom. The van der Waals surface area contributed by atoms with Crippen molar-refractivity contribution in [1.82, 2.24) is 4.98 Å². The number of hydrogen-bond acceptors (Lipinski definition) is 4. The van der Waals surface area contributed by atoms with Crippen molar-refractivity contribution in [3.8, 4) is 5.75 Å². The summed E-state index contributed by atoms with van der Waals surface area (Å²) in [6.45, 7) is 2.01. The third-order valence-electron chi connectivity index (χ3n) is 4.81. The van der Waals surface area contributed by atoms with E-state index in [1.54, 1.807) is 30.5 Å². The molecule has 0 atom stereocenters. The van der Waals surface area contributed by atoms with Gasteiger partial charge >= 0.3 is 5.97 Å². The number of ketones is 1. The van der Waals surface area contributed by atoms with Gasteiger partial charge in [-0.05, 0) is 30.7 Å². The number of aromatic amines is 1. The lowest BCUT2D eigenvalue weighted by molar-refractivity contribution is 0.0470. The second kappa shape index (κ2) is 8.66. The monoisotopic (exact) mass is 399 g/mol. The van der Waals surface area contributed by atoms with E-state index < -0.39 is 5.97 Å². The van der Waals surface area contributed by atoms with Gasteiger partial charge in [0.25, 0.3) is 0 Å². The molecule has 1 heterocycles. The number of Topliss-reactive ketones (excluding diaryl/α,β-unsaturated/α-hetero) is 1. The SMILES string of the molecule is Cc1cccc(COc2ccccc2C(=O)OCC(=O)c2c[nH]c3ccccc23)c1. The van der Waals surface area contributed by atoms with Gasteiger partial charge in [0.15, 0.2) is 6.61 Å². The van der Waals surface area contributed by atoms with E-state index in [1.807, 2.05) is 55.5 Å². The van der Waals surface area contributed by atoms with E-state index in [2.05, 4.69) is 4.98 Å². The predicted molar refractivity (Wildman–Crippen MR) is 115 cm³/mol. The van der Waals surface area contributed by atoms with Gasteiger partial charge in [0.05, 0.1) is 0 Å². The van der Waals surface area contributed by atoms with Gasteiger partial charge in [-0.15, -0.1) is 0 Å². The number of rotatable bonds is 7. The van der Waals surface area contributed by atoms with Crippen molar-refractivity contribution >= 4 is 22.7 Å². The molecular formula is C25H21NO4. The van der Waals surface area contributed by atoms with Crippen molar-refractivity contribution in [2.45, 2.75) is 13.5 Å². The highest BCUT2D eigenvalue weighted by molar-refractivity contribution is 6.09. The molecule has 4 aromatic rings. The van der Waals surface area contributed by atoms with E-state index in [4.69, 9.17) is 9.47 Å². The van der Waals surface area contributed by atoms with Gasteiger partial charge in [0.1, 0.15) is 17.9 Å². The number of ether oxygens (including phenoxy) is 2. The summed E-state index contributed by atoms with van der Waals surface area (Å²) < 4.78 is 11.1. The zero-order chi connectivity index (χ0) is 20.9. The van der Waals surface area contributed by atoms with Crippen LogP contribution in [-0.2, 0) is 11.3 Å². The standard InChI is InChI=1S/C25H21NO4/c1-17-7-6-8-18(13-17)15-29-24-12-5-3-10-20(24)25(28)30-16-23(27)21-14-26-22-11-4-2-9-19(21)22/h2-14,26H,15-16H2,1H3. The van der Waals surface area contributed by atoms with Crippen LogP contribution in [0.1, 0.15) is 31.8 Å². The average Bonchev–Trinajstić information content (AvgIpc) is 3.20. The van der Waals surface area contributed by atoms with Crippen LogP contribution >= 0.6 is 0 Å².